The van der Waals surface area contributed by atoms with Crippen LogP contribution < -0.4 is 5.32 Å². The third-order valence-electron chi connectivity index (χ3n) is 5.39. The quantitative estimate of drug-likeness (QED) is 0.865. The number of hydrogen-bond donors (Lipinski definition) is 1. The van der Waals surface area contributed by atoms with Gasteiger partial charge in [-0.05, 0) is 32.6 Å². The van der Waals surface area contributed by atoms with Crippen LogP contribution >= 0.6 is 11.3 Å². The zero-order chi connectivity index (χ0) is 14.7. The van der Waals surface area contributed by atoms with E-state index in [1.165, 1.54) is 48.4 Å². The molecular formula is C17H28N2OS. The molecule has 3 nitrogen and oxygen atoms in total. The highest BCUT2D eigenvalue weighted by atomic mass is 32.1. The molecule has 1 N–H and O–H groups in total. The number of rotatable bonds is 6. The standard InChI is InChI=1S/C17H28N2OS/c1-3-13-11-19-16(21-13)12-18-14-10-15(20-4-2)17(14)8-6-5-7-9-17/h11,14-15,18H,3-10,12H2,1-2H3. The summed E-state index contributed by atoms with van der Waals surface area (Å²) in [5.74, 6) is 0. The smallest absolute Gasteiger partial charge is 0.107 e. The summed E-state index contributed by atoms with van der Waals surface area (Å²) in [7, 11) is 0. The molecule has 0 bridgehead atoms. The van der Waals surface area contributed by atoms with Gasteiger partial charge in [-0.1, -0.05) is 26.2 Å². The minimum atomic E-state index is 0.416. The van der Waals surface area contributed by atoms with Crippen molar-refractivity contribution < 1.29 is 4.74 Å². The van der Waals surface area contributed by atoms with E-state index in [-0.39, 0.29) is 0 Å². The third-order valence-corrected chi connectivity index (χ3v) is 6.53. The van der Waals surface area contributed by atoms with Crippen LogP contribution in [0.3, 0.4) is 0 Å². The summed E-state index contributed by atoms with van der Waals surface area (Å²) in [6, 6.07) is 0.628. The maximum atomic E-state index is 6.02. The Hall–Kier alpha value is -0.450. The molecule has 1 aromatic heterocycles. The number of ether oxygens (including phenoxy) is 1. The summed E-state index contributed by atoms with van der Waals surface area (Å²) < 4.78 is 6.02. The molecule has 2 saturated carbocycles. The van der Waals surface area contributed by atoms with E-state index in [1.807, 2.05) is 17.5 Å². The molecule has 0 aliphatic heterocycles. The van der Waals surface area contributed by atoms with Gasteiger partial charge in [0.2, 0.25) is 0 Å². The van der Waals surface area contributed by atoms with Gasteiger partial charge in [0.15, 0.2) is 0 Å². The minimum Gasteiger partial charge on any atom is -0.378 e. The maximum absolute atomic E-state index is 6.02. The molecule has 1 heterocycles. The third kappa shape index (κ3) is 3.03. The Morgan fingerprint density at radius 3 is 2.81 bits per heavy atom. The van der Waals surface area contributed by atoms with Crippen molar-refractivity contribution in [3.8, 4) is 0 Å². The lowest BCUT2D eigenvalue weighted by Gasteiger charge is -2.58. The van der Waals surface area contributed by atoms with Crippen molar-refractivity contribution in [2.75, 3.05) is 6.61 Å². The highest BCUT2D eigenvalue weighted by molar-refractivity contribution is 7.11. The highest BCUT2D eigenvalue weighted by Gasteiger charge is 2.55. The van der Waals surface area contributed by atoms with E-state index in [1.54, 1.807) is 0 Å². The Labute approximate surface area is 132 Å². The first-order valence-electron chi connectivity index (χ1n) is 8.57. The minimum absolute atomic E-state index is 0.416. The number of nitrogens with zero attached hydrogens (tertiary/aromatic N) is 1. The van der Waals surface area contributed by atoms with Crippen LogP contribution in [0.25, 0.3) is 0 Å². The van der Waals surface area contributed by atoms with E-state index in [0.717, 1.165) is 19.6 Å². The average Bonchev–Trinajstić information content (AvgIpc) is 2.99. The summed E-state index contributed by atoms with van der Waals surface area (Å²) >= 11 is 1.85. The summed E-state index contributed by atoms with van der Waals surface area (Å²) in [4.78, 5) is 5.92. The van der Waals surface area contributed by atoms with Crippen LogP contribution in [0.15, 0.2) is 6.20 Å². The lowest BCUT2D eigenvalue weighted by atomic mass is 9.55. The summed E-state index contributed by atoms with van der Waals surface area (Å²) in [6.07, 6.45) is 11.6. The van der Waals surface area contributed by atoms with E-state index in [9.17, 15) is 0 Å². The summed E-state index contributed by atoms with van der Waals surface area (Å²) in [5.41, 5.74) is 0.416. The fraction of sp³-hybridized carbons (Fsp3) is 0.824. The first-order valence-corrected chi connectivity index (χ1v) is 9.38. The van der Waals surface area contributed by atoms with E-state index in [4.69, 9.17) is 4.74 Å². The van der Waals surface area contributed by atoms with Crippen LogP contribution in [-0.4, -0.2) is 23.7 Å². The van der Waals surface area contributed by atoms with Gasteiger partial charge in [-0.15, -0.1) is 11.3 Å². The maximum Gasteiger partial charge on any atom is 0.107 e. The van der Waals surface area contributed by atoms with Gasteiger partial charge in [-0.2, -0.15) is 0 Å². The predicted molar refractivity (Wildman–Crippen MR) is 87.7 cm³/mol. The molecule has 21 heavy (non-hydrogen) atoms. The molecular weight excluding hydrogens is 280 g/mol. The van der Waals surface area contributed by atoms with Gasteiger partial charge in [0.1, 0.15) is 5.01 Å². The molecule has 118 valence electrons. The molecule has 0 radical (unpaired) electrons. The van der Waals surface area contributed by atoms with Crippen molar-refractivity contribution in [3.63, 3.8) is 0 Å². The van der Waals surface area contributed by atoms with Gasteiger partial charge in [0, 0.05) is 35.7 Å². The summed E-state index contributed by atoms with van der Waals surface area (Å²) in [5, 5.41) is 5.02. The molecule has 2 aliphatic rings. The molecule has 2 aliphatic carbocycles. The van der Waals surface area contributed by atoms with Crippen LogP contribution in [0.1, 0.15) is 62.3 Å². The molecule has 1 aromatic rings. The second kappa shape index (κ2) is 6.76. The van der Waals surface area contributed by atoms with E-state index in [0.29, 0.717) is 17.6 Å². The normalized spacial score (nSPS) is 27.7. The summed E-state index contributed by atoms with van der Waals surface area (Å²) in [6.45, 7) is 6.10. The van der Waals surface area contributed by atoms with Crippen molar-refractivity contribution in [3.05, 3.63) is 16.1 Å². The Kier molecular flexibility index (Phi) is 4.97. The van der Waals surface area contributed by atoms with Gasteiger partial charge in [-0.25, -0.2) is 4.98 Å². The zero-order valence-corrected chi connectivity index (χ0v) is 14.2. The molecule has 2 atom stereocenters. The molecule has 0 aromatic carbocycles. The Balaban J connectivity index is 1.59. The second-order valence-corrected chi connectivity index (χ2v) is 7.68. The van der Waals surface area contributed by atoms with Crippen LogP contribution in [0.5, 0.6) is 0 Å². The molecule has 2 unspecified atom stereocenters. The van der Waals surface area contributed by atoms with Crippen LogP contribution in [-0.2, 0) is 17.7 Å². The average molecular weight is 308 g/mol. The highest BCUT2D eigenvalue weighted by Crippen LogP contribution is 2.53. The predicted octanol–water partition coefficient (Wildman–Crippen LogP) is 3.92. The number of thiazole rings is 1. The Morgan fingerprint density at radius 2 is 2.14 bits per heavy atom. The molecule has 3 rings (SSSR count). The van der Waals surface area contributed by atoms with Crippen LogP contribution in [0.4, 0.5) is 0 Å². The Morgan fingerprint density at radius 1 is 1.33 bits per heavy atom. The van der Waals surface area contributed by atoms with E-state index >= 15 is 0 Å². The lowest BCUT2D eigenvalue weighted by molar-refractivity contribution is -0.150. The topological polar surface area (TPSA) is 34.1 Å². The van der Waals surface area contributed by atoms with Crippen LogP contribution in [0.2, 0.25) is 0 Å². The van der Waals surface area contributed by atoms with Crippen molar-refractivity contribution >= 4 is 11.3 Å². The SMILES string of the molecule is CCOC1CC(NCc2ncc(CC)s2)C12CCCCC2. The van der Waals surface area contributed by atoms with Gasteiger partial charge < -0.3 is 10.1 Å². The number of hydrogen-bond acceptors (Lipinski definition) is 4. The molecule has 0 saturated heterocycles. The number of aromatic nitrogens is 1. The van der Waals surface area contributed by atoms with Crippen molar-refractivity contribution in [1.82, 2.24) is 10.3 Å². The van der Waals surface area contributed by atoms with E-state index < -0.39 is 0 Å². The van der Waals surface area contributed by atoms with Crippen molar-refractivity contribution in [2.24, 2.45) is 5.41 Å². The van der Waals surface area contributed by atoms with Crippen LogP contribution in [0, 0.1) is 5.41 Å². The van der Waals surface area contributed by atoms with Gasteiger partial charge in [-0.3, -0.25) is 0 Å². The first-order chi connectivity index (χ1) is 10.3. The molecule has 2 fully saturated rings. The monoisotopic (exact) mass is 308 g/mol. The fourth-order valence-corrected chi connectivity index (χ4v) is 4.97. The first kappa shape index (κ1) is 15.4. The zero-order valence-electron chi connectivity index (χ0n) is 13.4. The molecule has 1 spiro atoms. The van der Waals surface area contributed by atoms with E-state index in [2.05, 4.69) is 24.1 Å². The largest absolute Gasteiger partial charge is 0.378 e. The Bertz CT molecular complexity index is 453. The van der Waals surface area contributed by atoms with Gasteiger partial charge in [0.25, 0.3) is 0 Å². The number of aryl methyl sites for hydroxylation is 1. The fourth-order valence-electron chi connectivity index (χ4n) is 4.15. The van der Waals surface area contributed by atoms with Crippen molar-refractivity contribution in [2.45, 2.75) is 77.5 Å². The van der Waals surface area contributed by atoms with Gasteiger partial charge >= 0.3 is 0 Å². The molecule has 4 heteroatoms. The molecule has 0 amide bonds. The lowest BCUT2D eigenvalue weighted by Crippen LogP contribution is -2.64. The van der Waals surface area contributed by atoms with Gasteiger partial charge in [0.05, 0.1) is 6.10 Å². The van der Waals surface area contributed by atoms with Crippen molar-refractivity contribution in [1.29, 1.82) is 0 Å². The number of nitrogens with one attached hydrogen (secondary N) is 1. The second-order valence-electron chi connectivity index (χ2n) is 6.48.